The zero-order chi connectivity index (χ0) is 17.1. The normalized spacial score (nSPS) is 34.8. The maximum atomic E-state index is 13.3. The van der Waals surface area contributed by atoms with E-state index in [1.165, 1.54) is 24.2 Å². The fourth-order valence-corrected chi connectivity index (χ4v) is 5.18. The van der Waals surface area contributed by atoms with Crippen molar-refractivity contribution in [2.45, 2.75) is 38.1 Å². The summed E-state index contributed by atoms with van der Waals surface area (Å²) < 4.78 is 5.38. The molecular weight excluding hydrogens is 302 g/mol. The molecule has 1 amide bonds. The van der Waals surface area contributed by atoms with E-state index >= 15 is 0 Å². The topological polar surface area (TPSA) is 67.9 Å². The number of likely N-dealkylation sites (N-methyl/N-ethyl adjacent to an activating group) is 1. The van der Waals surface area contributed by atoms with Crippen LogP contribution in [0.2, 0.25) is 0 Å². The molecule has 4 rings (SSSR count). The van der Waals surface area contributed by atoms with Gasteiger partial charge in [0.05, 0.1) is 7.11 Å². The highest BCUT2D eigenvalue weighted by atomic mass is 16.5. The van der Waals surface area contributed by atoms with Gasteiger partial charge in [0.1, 0.15) is 5.75 Å². The number of ether oxygens (including phenoxy) is 1. The van der Waals surface area contributed by atoms with Crippen LogP contribution in [0.15, 0.2) is 23.2 Å². The number of fused-ring (bicyclic) bond motifs is 2. The van der Waals surface area contributed by atoms with Gasteiger partial charge in [-0.3, -0.25) is 9.69 Å². The maximum Gasteiger partial charge on any atom is 0.261 e. The summed E-state index contributed by atoms with van der Waals surface area (Å²) >= 11 is 0. The van der Waals surface area contributed by atoms with Crippen LogP contribution in [-0.2, 0) is 10.3 Å². The Balaban J connectivity index is 1.86. The Hall–Kier alpha value is -2.04. The zero-order valence-electron chi connectivity index (χ0n) is 14.6. The lowest BCUT2D eigenvalue weighted by Crippen LogP contribution is -2.46. The first kappa shape index (κ1) is 15.5. The minimum absolute atomic E-state index is 0.0158. The molecule has 2 aliphatic carbocycles. The Labute approximate surface area is 142 Å². The summed E-state index contributed by atoms with van der Waals surface area (Å²) in [4.78, 5) is 19.6. The molecule has 4 atom stereocenters. The molecule has 1 aliphatic heterocycles. The third kappa shape index (κ3) is 1.93. The molecule has 0 radical (unpaired) electrons. The molecule has 1 aromatic rings. The Morgan fingerprint density at radius 2 is 2.12 bits per heavy atom. The van der Waals surface area contributed by atoms with E-state index in [1.54, 1.807) is 14.2 Å². The van der Waals surface area contributed by atoms with Gasteiger partial charge in [-0.2, -0.15) is 0 Å². The average molecular weight is 327 g/mol. The van der Waals surface area contributed by atoms with E-state index in [1.807, 2.05) is 19.1 Å². The maximum absolute atomic E-state index is 13.3. The number of carbonyl (C=O) groups excluding carboxylic acids is 1. The third-order valence-corrected chi connectivity index (χ3v) is 6.37. The molecule has 5 heteroatoms. The Morgan fingerprint density at radius 3 is 2.62 bits per heavy atom. The predicted molar refractivity (Wildman–Crippen MR) is 92.7 cm³/mol. The van der Waals surface area contributed by atoms with Crippen LogP contribution >= 0.6 is 0 Å². The average Bonchev–Trinajstić information content (AvgIpc) is 3.26. The molecule has 0 aromatic heterocycles. The van der Waals surface area contributed by atoms with Gasteiger partial charge in [0.15, 0.2) is 11.5 Å². The van der Waals surface area contributed by atoms with E-state index in [0.717, 1.165) is 29.2 Å². The van der Waals surface area contributed by atoms with E-state index in [4.69, 9.17) is 15.5 Å². The summed E-state index contributed by atoms with van der Waals surface area (Å²) in [6.07, 6.45) is 4.81. The van der Waals surface area contributed by atoms with Crippen LogP contribution in [-0.4, -0.2) is 30.9 Å². The summed E-state index contributed by atoms with van der Waals surface area (Å²) in [6.45, 7) is 2.01. The van der Waals surface area contributed by atoms with Crippen molar-refractivity contribution >= 4 is 11.9 Å². The van der Waals surface area contributed by atoms with Crippen molar-refractivity contribution in [1.29, 1.82) is 0 Å². The number of amides is 1. The highest BCUT2D eigenvalue weighted by Crippen LogP contribution is 2.57. The zero-order valence-corrected chi connectivity index (χ0v) is 14.6. The quantitative estimate of drug-likeness (QED) is 0.927. The Kier molecular flexibility index (Phi) is 3.37. The lowest BCUT2D eigenvalue weighted by molar-refractivity contribution is -0.133. The lowest BCUT2D eigenvalue weighted by Gasteiger charge is -2.36. The van der Waals surface area contributed by atoms with Crippen molar-refractivity contribution in [3.8, 4) is 5.75 Å². The number of aliphatic imine (C=N–C) groups is 1. The van der Waals surface area contributed by atoms with Crippen LogP contribution in [0, 0.1) is 24.7 Å². The van der Waals surface area contributed by atoms with Gasteiger partial charge in [-0.25, -0.2) is 4.99 Å². The van der Waals surface area contributed by atoms with E-state index in [0.29, 0.717) is 11.9 Å². The molecule has 5 nitrogen and oxygen atoms in total. The van der Waals surface area contributed by atoms with Gasteiger partial charge in [-0.1, -0.05) is 12.5 Å². The fraction of sp³-hybridized carbons (Fsp3) is 0.579. The summed E-state index contributed by atoms with van der Waals surface area (Å²) in [5, 5.41) is 0. The Bertz CT molecular complexity index is 729. The van der Waals surface area contributed by atoms with Gasteiger partial charge in [-0.05, 0) is 61.3 Å². The Morgan fingerprint density at radius 1 is 1.33 bits per heavy atom. The van der Waals surface area contributed by atoms with Crippen molar-refractivity contribution in [1.82, 2.24) is 4.90 Å². The number of methoxy groups -OCH3 is 1. The van der Waals surface area contributed by atoms with Crippen LogP contribution in [0.5, 0.6) is 5.75 Å². The van der Waals surface area contributed by atoms with Crippen LogP contribution < -0.4 is 10.5 Å². The second-order valence-electron chi connectivity index (χ2n) is 7.57. The molecule has 2 saturated carbocycles. The molecule has 1 aromatic carbocycles. The van der Waals surface area contributed by atoms with Crippen LogP contribution in [0.25, 0.3) is 0 Å². The van der Waals surface area contributed by atoms with Crippen molar-refractivity contribution < 1.29 is 9.53 Å². The van der Waals surface area contributed by atoms with E-state index in [2.05, 4.69) is 6.07 Å². The molecule has 2 fully saturated rings. The summed E-state index contributed by atoms with van der Waals surface area (Å²) in [5.74, 6) is 2.74. The first-order valence-corrected chi connectivity index (χ1v) is 8.76. The molecule has 2 bridgehead atoms. The third-order valence-electron chi connectivity index (χ3n) is 6.37. The first-order valence-electron chi connectivity index (χ1n) is 8.76. The minimum Gasteiger partial charge on any atom is -0.496 e. The van der Waals surface area contributed by atoms with Gasteiger partial charge in [0.2, 0.25) is 0 Å². The lowest BCUT2D eigenvalue weighted by atomic mass is 9.70. The smallest absolute Gasteiger partial charge is 0.261 e. The van der Waals surface area contributed by atoms with Crippen molar-refractivity contribution in [2.75, 3.05) is 14.2 Å². The van der Waals surface area contributed by atoms with Gasteiger partial charge in [0.25, 0.3) is 5.91 Å². The number of benzene rings is 1. The standard InChI is InChI=1S/C19H25N3O2/c1-11-8-14(6-7-16(11)24-3)19(17(23)22(2)18(20)21-19)15-10-12-4-5-13(15)9-12/h6-8,12-13,15H,4-5,9-10H2,1-3H3,(H2,20,21). The van der Waals surface area contributed by atoms with Crippen molar-refractivity contribution in [3.05, 3.63) is 29.3 Å². The SMILES string of the molecule is COc1ccc(C2(C3CC4CCC3C4)N=C(N)N(C)C2=O)cc1C. The fourth-order valence-electron chi connectivity index (χ4n) is 5.18. The number of guanidine groups is 1. The first-order chi connectivity index (χ1) is 11.5. The number of hydrogen-bond acceptors (Lipinski definition) is 4. The highest BCUT2D eigenvalue weighted by molar-refractivity contribution is 6.07. The van der Waals surface area contributed by atoms with E-state index in [-0.39, 0.29) is 11.8 Å². The van der Waals surface area contributed by atoms with Gasteiger partial charge >= 0.3 is 0 Å². The highest BCUT2D eigenvalue weighted by Gasteiger charge is 2.59. The summed E-state index contributed by atoms with van der Waals surface area (Å²) in [7, 11) is 3.39. The monoisotopic (exact) mass is 327 g/mol. The van der Waals surface area contributed by atoms with Crippen molar-refractivity contribution in [2.24, 2.45) is 28.5 Å². The molecule has 4 unspecified atom stereocenters. The van der Waals surface area contributed by atoms with Gasteiger partial charge in [0, 0.05) is 13.0 Å². The minimum atomic E-state index is -0.851. The van der Waals surface area contributed by atoms with Gasteiger partial charge < -0.3 is 10.5 Å². The number of hydrogen-bond donors (Lipinski definition) is 1. The number of aryl methyl sites for hydroxylation is 1. The van der Waals surface area contributed by atoms with E-state index < -0.39 is 5.54 Å². The molecule has 24 heavy (non-hydrogen) atoms. The largest absolute Gasteiger partial charge is 0.496 e. The van der Waals surface area contributed by atoms with Crippen LogP contribution in [0.1, 0.15) is 36.8 Å². The number of nitrogens with zero attached hydrogens (tertiary/aromatic N) is 2. The summed E-state index contributed by atoms with van der Waals surface area (Å²) in [6, 6.07) is 5.99. The molecule has 3 aliphatic rings. The van der Waals surface area contributed by atoms with E-state index in [9.17, 15) is 4.79 Å². The second-order valence-corrected chi connectivity index (χ2v) is 7.57. The number of carbonyl (C=O) groups is 1. The van der Waals surface area contributed by atoms with Crippen LogP contribution in [0.3, 0.4) is 0 Å². The summed E-state index contributed by atoms with van der Waals surface area (Å²) in [5.41, 5.74) is 7.20. The molecule has 1 heterocycles. The number of rotatable bonds is 3. The predicted octanol–water partition coefficient (Wildman–Crippen LogP) is 2.42. The number of nitrogens with two attached hydrogens (primary N) is 1. The van der Waals surface area contributed by atoms with Crippen molar-refractivity contribution in [3.63, 3.8) is 0 Å². The molecule has 0 spiro atoms. The molecule has 0 saturated heterocycles. The van der Waals surface area contributed by atoms with Crippen LogP contribution in [0.4, 0.5) is 0 Å². The molecular formula is C19H25N3O2. The van der Waals surface area contributed by atoms with Gasteiger partial charge in [-0.15, -0.1) is 0 Å². The molecule has 2 N–H and O–H groups in total. The molecule has 128 valence electrons. The second kappa shape index (κ2) is 5.23.